The van der Waals surface area contributed by atoms with Crippen LogP contribution in [-0.2, 0) is 16.5 Å². The fraction of sp³-hybridized carbons (Fsp3) is 0. The molecule has 0 aromatic heterocycles. The van der Waals surface area contributed by atoms with Gasteiger partial charge in [0.05, 0.1) is 5.09 Å². The minimum Gasteiger partial charge on any atom is -0.356 e. The molecule has 0 unspecified atom stereocenters. The fourth-order valence-corrected chi connectivity index (χ4v) is 0. The zero-order valence-electron chi connectivity index (χ0n) is 1.99. The Hall–Kier alpha value is 0.226. The third-order valence-corrected chi connectivity index (χ3v) is 0. The maximum absolute atomic E-state index is 8.25. The summed E-state index contributed by atoms with van der Waals surface area (Å²) in [6, 6.07) is 0. The van der Waals surface area contributed by atoms with Crippen molar-refractivity contribution in [2.45, 2.75) is 0 Å². The zero-order chi connectivity index (χ0) is 3.58. The first-order valence-electron chi connectivity index (χ1n) is 0.548. The standard InChI is InChI=1S/Al.NO3.Ni.3H/c;2-1(3)4;;;;/q;-1;;;;. The van der Waals surface area contributed by atoms with Crippen molar-refractivity contribution in [3.8, 4) is 0 Å². The molecule has 0 atom stereocenters. The van der Waals surface area contributed by atoms with Gasteiger partial charge in [-0.25, -0.2) is 0 Å². The first kappa shape index (κ1) is 16.3. The normalized spacial score (nSPS) is 4.00. The predicted octanol–water partition coefficient (Wildman–Crippen LogP) is -1.43. The van der Waals surface area contributed by atoms with Gasteiger partial charge in [0, 0.05) is 16.5 Å². The Morgan fingerprint density at radius 2 is 1.33 bits per heavy atom. The molecule has 0 aromatic carbocycles. The third-order valence-electron chi connectivity index (χ3n) is 0. The van der Waals surface area contributed by atoms with Crippen molar-refractivity contribution in [1.82, 2.24) is 0 Å². The summed E-state index contributed by atoms with van der Waals surface area (Å²) in [4.78, 5) is 8.25. The fourth-order valence-electron chi connectivity index (χ4n) is 0. The van der Waals surface area contributed by atoms with Crippen LogP contribution in [0.25, 0.3) is 0 Å². The van der Waals surface area contributed by atoms with Crippen LogP contribution in [0, 0.1) is 15.3 Å². The molecule has 0 fully saturated rings. The molecule has 0 heterocycles. The molecule has 6 heavy (non-hydrogen) atoms. The van der Waals surface area contributed by atoms with Crippen LogP contribution in [0.15, 0.2) is 0 Å². The molecular weight excluding hydrogens is 148 g/mol. The van der Waals surface area contributed by atoms with E-state index in [1.165, 1.54) is 0 Å². The van der Waals surface area contributed by atoms with Crippen molar-refractivity contribution >= 4 is 17.4 Å². The Labute approximate surface area is 54.7 Å². The Balaban J connectivity index is -0.0000000450. The van der Waals surface area contributed by atoms with Gasteiger partial charge in [0.15, 0.2) is 17.4 Å². The van der Waals surface area contributed by atoms with Crippen LogP contribution >= 0.6 is 0 Å². The van der Waals surface area contributed by atoms with Gasteiger partial charge in [0.1, 0.15) is 0 Å². The summed E-state index contributed by atoms with van der Waals surface area (Å²) < 4.78 is 0. The Kier molecular flexibility index (Phi) is 24.4. The molecule has 0 rings (SSSR count). The molecule has 0 aliphatic heterocycles. The van der Waals surface area contributed by atoms with E-state index in [-0.39, 0.29) is 33.9 Å². The van der Waals surface area contributed by atoms with E-state index in [9.17, 15) is 0 Å². The van der Waals surface area contributed by atoms with Gasteiger partial charge >= 0.3 is 0 Å². The van der Waals surface area contributed by atoms with Gasteiger partial charge < -0.3 is 15.3 Å². The molecule has 6 heteroatoms. The smallest absolute Gasteiger partial charge is 0.187 e. The second kappa shape index (κ2) is 8.97. The van der Waals surface area contributed by atoms with Crippen LogP contribution in [0.5, 0.6) is 0 Å². The van der Waals surface area contributed by atoms with E-state index < -0.39 is 5.09 Å². The van der Waals surface area contributed by atoms with Crippen LogP contribution in [0.1, 0.15) is 0 Å². The van der Waals surface area contributed by atoms with E-state index in [4.69, 9.17) is 15.3 Å². The third kappa shape index (κ3) is 861. The molecule has 0 saturated heterocycles. The number of nitrogens with zero attached hydrogens (tertiary/aromatic N) is 1. The first-order valence-corrected chi connectivity index (χ1v) is 0.548. The minimum absolute atomic E-state index is 0. The molecule has 0 radical (unpaired) electrons. The monoisotopic (exact) mass is 150 g/mol. The number of rotatable bonds is 0. The molecule has 0 aliphatic carbocycles. The Morgan fingerprint density at radius 3 is 1.33 bits per heavy atom. The summed E-state index contributed by atoms with van der Waals surface area (Å²) in [7, 11) is 0. The second-order valence-corrected chi connectivity index (χ2v) is 0.224. The molecule has 0 aromatic rings. The van der Waals surface area contributed by atoms with E-state index in [0.717, 1.165) is 0 Å². The topological polar surface area (TPSA) is 66.2 Å². The summed E-state index contributed by atoms with van der Waals surface area (Å²) in [6.07, 6.45) is 0. The molecular formula is H3AlNNiO3-. The predicted molar refractivity (Wildman–Crippen MR) is 20.3 cm³/mol. The maximum atomic E-state index is 8.25. The van der Waals surface area contributed by atoms with Gasteiger partial charge in [-0.1, -0.05) is 0 Å². The molecule has 0 saturated carbocycles. The van der Waals surface area contributed by atoms with E-state index >= 15 is 0 Å². The number of hydrogen-bond acceptors (Lipinski definition) is 3. The van der Waals surface area contributed by atoms with Crippen LogP contribution in [-0.4, -0.2) is 22.4 Å². The van der Waals surface area contributed by atoms with Crippen LogP contribution in [0.2, 0.25) is 0 Å². The largest absolute Gasteiger partial charge is 0.356 e. The van der Waals surface area contributed by atoms with Crippen LogP contribution < -0.4 is 0 Å². The molecule has 4 nitrogen and oxygen atoms in total. The van der Waals surface area contributed by atoms with Crippen molar-refractivity contribution in [2.24, 2.45) is 0 Å². The molecule has 0 aliphatic rings. The Bertz CT molecular complexity index is 33.8. The quantitative estimate of drug-likeness (QED) is 0.242. The molecule has 0 N–H and O–H groups in total. The van der Waals surface area contributed by atoms with Crippen molar-refractivity contribution in [3.63, 3.8) is 0 Å². The van der Waals surface area contributed by atoms with Gasteiger partial charge in [-0.15, -0.1) is 0 Å². The maximum Gasteiger partial charge on any atom is 0.187 e. The van der Waals surface area contributed by atoms with Crippen molar-refractivity contribution < 1.29 is 21.6 Å². The van der Waals surface area contributed by atoms with Crippen molar-refractivity contribution in [3.05, 3.63) is 15.3 Å². The van der Waals surface area contributed by atoms with E-state index in [2.05, 4.69) is 0 Å². The second-order valence-electron chi connectivity index (χ2n) is 0.224. The summed E-state index contributed by atoms with van der Waals surface area (Å²) in [5.74, 6) is 0. The van der Waals surface area contributed by atoms with Crippen LogP contribution in [0.3, 0.4) is 0 Å². The first-order chi connectivity index (χ1) is 1.73. The minimum atomic E-state index is -1.75. The van der Waals surface area contributed by atoms with E-state index in [0.29, 0.717) is 0 Å². The summed E-state index contributed by atoms with van der Waals surface area (Å²) in [5, 5.41) is 14.8. The van der Waals surface area contributed by atoms with E-state index in [1.807, 2.05) is 0 Å². The number of hydrogen-bond donors (Lipinski definition) is 0. The molecule has 40 valence electrons. The SMILES string of the molecule is O=[N+]([O-])[O-].[AlH3].[Ni]. The van der Waals surface area contributed by atoms with Crippen LogP contribution in [0.4, 0.5) is 0 Å². The molecule has 0 bridgehead atoms. The average molecular weight is 151 g/mol. The van der Waals surface area contributed by atoms with Gasteiger partial charge in [-0.05, 0) is 0 Å². The van der Waals surface area contributed by atoms with Crippen molar-refractivity contribution in [1.29, 1.82) is 0 Å². The summed E-state index contributed by atoms with van der Waals surface area (Å²) >= 11 is 0. The zero-order valence-corrected chi connectivity index (χ0v) is 2.98. The molecule has 0 amide bonds. The van der Waals surface area contributed by atoms with E-state index in [1.54, 1.807) is 0 Å². The van der Waals surface area contributed by atoms with Crippen molar-refractivity contribution in [2.75, 3.05) is 0 Å². The van der Waals surface area contributed by atoms with Gasteiger partial charge in [0.2, 0.25) is 0 Å². The summed E-state index contributed by atoms with van der Waals surface area (Å²) in [5.41, 5.74) is 0. The summed E-state index contributed by atoms with van der Waals surface area (Å²) in [6.45, 7) is 0. The average Bonchev–Trinajstić information content (AvgIpc) is 0.811. The Morgan fingerprint density at radius 1 is 1.33 bits per heavy atom. The molecule has 0 spiro atoms. The van der Waals surface area contributed by atoms with Gasteiger partial charge in [0.25, 0.3) is 0 Å². The van der Waals surface area contributed by atoms with Gasteiger partial charge in [-0.2, -0.15) is 0 Å². The van der Waals surface area contributed by atoms with Gasteiger partial charge in [-0.3, -0.25) is 0 Å².